The van der Waals surface area contributed by atoms with E-state index in [1.165, 1.54) is 0 Å². The summed E-state index contributed by atoms with van der Waals surface area (Å²) in [7, 11) is 0. The first-order valence-electron chi connectivity index (χ1n) is 7.51. The van der Waals surface area contributed by atoms with Gasteiger partial charge in [0.2, 0.25) is 0 Å². The van der Waals surface area contributed by atoms with Gasteiger partial charge in [0, 0.05) is 24.0 Å². The zero-order chi connectivity index (χ0) is 15.7. The molecule has 124 valence electrons. The van der Waals surface area contributed by atoms with Gasteiger partial charge in [-0.3, -0.25) is 0 Å². The van der Waals surface area contributed by atoms with Gasteiger partial charge < -0.3 is 43.0 Å². The summed E-state index contributed by atoms with van der Waals surface area (Å²) in [6.07, 6.45) is -1.24. The first-order valence-corrected chi connectivity index (χ1v) is 7.51. The van der Waals surface area contributed by atoms with Gasteiger partial charge in [0.1, 0.15) is 0 Å². The van der Waals surface area contributed by atoms with E-state index in [4.69, 9.17) is 32.8 Å². The van der Waals surface area contributed by atoms with Crippen molar-refractivity contribution < 1.29 is 20.1 Å². The third kappa shape index (κ3) is 3.38. The van der Waals surface area contributed by atoms with E-state index in [1.807, 2.05) is 0 Å². The fourth-order valence-electron chi connectivity index (χ4n) is 3.48. The van der Waals surface area contributed by atoms with Crippen molar-refractivity contribution in [2.24, 2.45) is 28.9 Å². The molecule has 8 heteroatoms. The van der Waals surface area contributed by atoms with Crippen LogP contribution >= 0.6 is 0 Å². The molecule has 0 aromatic rings. The maximum absolute atomic E-state index is 10.3. The summed E-state index contributed by atoms with van der Waals surface area (Å²) in [6.45, 7) is -0.181. The molecule has 0 aromatic heterocycles. The van der Waals surface area contributed by atoms with Crippen LogP contribution in [0.3, 0.4) is 0 Å². The van der Waals surface area contributed by atoms with E-state index in [9.17, 15) is 10.2 Å². The Kier molecular flexibility index (Phi) is 5.55. The number of ether oxygens (including phenoxy) is 1. The molecule has 2 unspecified atom stereocenters. The van der Waals surface area contributed by atoms with Crippen LogP contribution in [0.1, 0.15) is 19.3 Å². The Morgan fingerprint density at radius 1 is 1.00 bits per heavy atom. The number of rotatable bonds is 3. The third-order valence-corrected chi connectivity index (χ3v) is 4.83. The molecule has 1 heterocycles. The molecule has 0 radical (unpaired) electrons. The van der Waals surface area contributed by atoms with Crippen LogP contribution < -0.4 is 22.9 Å². The van der Waals surface area contributed by atoms with Gasteiger partial charge in [-0.15, -0.1) is 0 Å². The van der Waals surface area contributed by atoms with Gasteiger partial charge in [-0.25, -0.2) is 0 Å². The first-order chi connectivity index (χ1) is 9.86. The molecule has 2 fully saturated rings. The maximum Gasteiger partial charge on any atom is 0.0954 e. The van der Waals surface area contributed by atoms with Crippen molar-refractivity contribution in [2.75, 3.05) is 6.61 Å². The molecular formula is C13H28N4O4. The van der Waals surface area contributed by atoms with Crippen molar-refractivity contribution in [3.05, 3.63) is 0 Å². The predicted molar refractivity (Wildman–Crippen MR) is 77.0 cm³/mol. The van der Waals surface area contributed by atoms with Crippen LogP contribution in [-0.4, -0.2) is 70.5 Å². The third-order valence-electron chi connectivity index (χ3n) is 4.83. The van der Waals surface area contributed by atoms with Crippen molar-refractivity contribution in [1.82, 2.24) is 0 Å². The molecule has 11 N–H and O–H groups in total. The molecule has 0 spiro atoms. The van der Waals surface area contributed by atoms with Gasteiger partial charge in [0.25, 0.3) is 0 Å². The van der Waals surface area contributed by atoms with Gasteiger partial charge >= 0.3 is 0 Å². The van der Waals surface area contributed by atoms with Crippen LogP contribution in [0.15, 0.2) is 0 Å². The van der Waals surface area contributed by atoms with E-state index >= 15 is 0 Å². The summed E-state index contributed by atoms with van der Waals surface area (Å²) in [4.78, 5) is 0. The summed E-state index contributed by atoms with van der Waals surface area (Å²) in [5.41, 5.74) is 23.8. The second-order valence-corrected chi connectivity index (χ2v) is 6.35. The smallest absolute Gasteiger partial charge is 0.0954 e. The van der Waals surface area contributed by atoms with E-state index in [1.54, 1.807) is 0 Å². The van der Waals surface area contributed by atoms with E-state index in [0.29, 0.717) is 19.3 Å². The van der Waals surface area contributed by atoms with Crippen molar-refractivity contribution in [2.45, 2.75) is 67.8 Å². The topological polar surface area (TPSA) is 174 Å². The van der Waals surface area contributed by atoms with Crippen LogP contribution in [0, 0.1) is 5.92 Å². The summed E-state index contributed by atoms with van der Waals surface area (Å²) in [6, 6.07) is -1.75. The zero-order valence-electron chi connectivity index (χ0n) is 12.1. The molecule has 2 rings (SSSR count). The molecule has 9 atom stereocenters. The van der Waals surface area contributed by atoms with Crippen LogP contribution in [-0.2, 0) is 4.74 Å². The quantitative estimate of drug-likeness (QED) is 0.282. The molecule has 21 heavy (non-hydrogen) atoms. The molecule has 1 saturated heterocycles. The Morgan fingerprint density at radius 2 is 1.67 bits per heavy atom. The second-order valence-electron chi connectivity index (χ2n) is 6.35. The van der Waals surface area contributed by atoms with Gasteiger partial charge in [0.15, 0.2) is 0 Å². The summed E-state index contributed by atoms with van der Waals surface area (Å²) >= 11 is 0. The number of nitrogens with two attached hydrogens (primary N) is 4. The summed E-state index contributed by atoms with van der Waals surface area (Å²) in [5.74, 6) is -0.497. The molecule has 0 bridgehead atoms. The number of aliphatic hydroxyl groups is 3. The minimum Gasteiger partial charge on any atom is -0.395 e. The van der Waals surface area contributed by atoms with Gasteiger partial charge in [0.05, 0.1) is 37.1 Å². The Bertz CT molecular complexity index is 348. The monoisotopic (exact) mass is 304 g/mol. The number of hydrogen-bond acceptors (Lipinski definition) is 8. The molecule has 1 saturated carbocycles. The molecule has 8 nitrogen and oxygen atoms in total. The highest BCUT2D eigenvalue weighted by Crippen LogP contribution is 2.33. The van der Waals surface area contributed by atoms with Crippen LogP contribution in [0.4, 0.5) is 0 Å². The highest BCUT2D eigenvalue weighted by molar-refractivity contribution is 5.03. The first kappa shape index (κ1) is 17.0. The van der Waals surface area contributed by atoms with Gasteiger partial charge in [-0.05, 0) is 19.3 Å². The average molecular weight is 304 g/mol. The Balaban J connectivity index is 2.13. The Morgan fingerprint density at radius 3 is 2.29 bits per heavy atom. The average Bonchev–Trinajstić information content (AvgIpc) is 2.46. The highest BCUT2D eigenvalue weighted by atomic mass is 16.5. The zero-order valence-corrected chi connectivity index (χ0v) is 12.1. The Hall–Kier alpha value is -0.320. The standard InChI is InChI=1S/C13H28N4O4/c14-5-1-2-9(8(17)4-18)21-13(5)10-6(15)3-7(16)11(19)12(10)20/h5-13,18-20H,1-4,14-17H2/t5-,6?,7-,8+,9+,10-,11+,12+,13?/m1/s1. The van der Waals surface area contributed by atoms with Gasteiger partial charge in [-0.1, -0.05) is 0 Å². The molecule has 0 aromatic carbocycles. The summed E-state index contributed by atoms with van der Waals surface area (Å²) < 4.78 is 5.91. The molecule has 2 aliphatic rings. The lowest BCUT2D eigenvalue weighted by atomic mass is 9.72. The SMILES string of the molecule is NC1C[C@@H](N)[C@H](O)[C@@H](O)[C@@H]1C1O[C@H]([C@@H](N)CO)CC[C@H]1N. The number of aliphatic hydroxyl groups excluding tert-OH is 3. The lowest BCUT2D eigenvalue weighted by Crippen LogP contribution is -2.65. The molecule has 0 amide bonds. The minimum atomic E-state index is -1.08. The van der Waals surface area contributed by atoms with E-state index in [0.717, 1.165) is 0 Å². The van der Waals surface area contributed by atoms with Crippen molar-refractivity contribution in [3.8, 4) is 0 Å². The number of hydrogen-bond donors (Lipinski definition) is 7. The lowest BCUT2D eigenvalue weighted by molar-refractivity contribution is -0.158. The van der Waals surface area contributed by atoms with E-state index in [2.05, 4.69) is 0 Å². The fourth-order valence-corrected chi connectivity index (χ4v) is 3.48. The van der Waals surface area contributed by atoms with Crippen LogP contribution in [0.5, 0.6) is 0 Å². The van der Waals surface area contributed by atoms with E-state index < -0.39 is 42.4 Å². The van der Waals surface area contributed by atoms with Crippen molar-refractivity contribution in [3.63, 3.8) is 0 Å². The fraction of sp³-hybridized carbons (Fsp3) is 1.00. The minimum absolute atomic E-state index is 0.181. The Labute approximate surface area is 124 Å². The predicted octanol–water partition coefficient (Wildman–Crippen LogP) is -3.42. The van der Waals surface area contributed by atoms with Crippen molar-refractivity contribution in [1.29, 1.82) is 0 Å². The van der Waals surface area contributed by atoms with E-state index in [-0.39, 0.29) is 18.8 Å². The second kappa shape index (κ2) is 6.84. The van der Waals surface area contributed by atoms with Crippen molar-refractivity contribution >= 4 is 0 Å². The normalized spacial score (nSPS) is 49.9. The van der Waals surface area contributed by atoms with Gasteiger partial charge in [-0.2, -0.15) is 0 Å². The molecular weight excluding hydrogens is 276 g/mol. The van der Waals surface area contributed by atoms with Crippen LogP contribution in [0.2, 0.25) is 0 Å². The summed E-state index contributed by atoms with van der Waals surface area (Å²) in [5, 5.41) is 29.4. The largest absolute Gasteiger partial charge is 0.395 e. The lowest BCUT2D eigenvalue weighted by Gasteiger charge is -2.48. The highest BCUT2D eigenvalue weighted by Gasteiger charge is 2.48. The van der Waals surface area contributed by atoms with Crippen LogP contribution in [0.25, 0.3) is 0 Å². The maximum atomic E-state index is 10.3. The molecule has 1 aliphatic heterocycles. The molecule has 1 aliphatic carbocycles.